The van der Waals surface area contributed by atoms with Crippen LogP contribution in [0, 0.1) is 0 Å². The second kappa shape index (κ2) is 4.89. The average Bonchev–Trinajstić information content (AvgIpc) is 2.03. The molecule has 0 spiro atoms. The average molecular weight is 206 g/mol. The first-order valence-corrected chi connectivity index (χ1v) is 5.94. The Hall–Kier alpha value is -0.0000000000000000555. The molecule has 1 aliphatic heterocycles. The summed E-state index contributed by atoms with van der Waals surface area (Å²) in [5.74, 6) is 1.61. The molecule has 12 heavy (non-hydrogen) atoms. The van der Waals surface area contributed by atoms with Crippen LogP contribution in [0.15, 0.2) is 0 Å². The molecule has 0 unspecified atom stereocenters. The molecule has 1 heterocycles. The number of rotatable bonds is 3. The number of thiocarbonyl (C=S) groups is 1. The molecule has 0 aromatic carbocycles. The van der Waals surface area contributed by atoms with E-state index in [9.17, 15) is 4.21 Å². The first kappa shape index (κ1) is 10.1. The molecule has 0 aromatic heterocycles. The molecule has 0 bridgehead atoms. The highest BCUT2D eigenvalue weighted by molar-refractivity contribution is 7.85. The van der Waals surface area contributed by atoms with Crippen LogP contribution >= 0.6 is 12.2 Å². The van der Waals surface area contributed by atoms with Gasteiger partial charge in [0.2, 0.25) is 0 Å². The lowest BCUT2D eigenvalue weighted by Crippen LogP contribution is -2.39. The van der Waals surface area contributed by atoms with Gasteiger partial charge in [0.05, 0.1) is 4.99 Å². The van der Waals surface area contributed by atoms with Gasteiger partial charge in [-0.1, -0.05) is 12.2 Å². The largest absolute Gasteiger partial charge is 0.393 e. The number of hydrogen-bond donors (Lipinski definition) is 1. The van der Waals surface area contributed by atoms with Gasteiger partial charge in [-0.05, 0) is 0 Å². The van der Waals surface area contributed by atoms with Crippen LogP contribution in [0.5, 0.6) is 0 Å². The lowest BCUT2D eigenvalue weighted by molar-refractivity contribution is 0.309. The summed E-state index contributed by atoms with van der Waals surface area (Å²) in [5.41, 5.74) is 5.38. The van der Waals surface area contributed by atoms with Gasteiger partial charge in [0.1, 0.15) is 0 Å². The molecule has 5 heteroatoms. The van der Waals surface area contributed by atoms with Gasteiger partial charge in [-0.3, -0.25) is 4.21 Å². The molecule has 1 saturated heterocycles. The number of nitrogens with zero attached hydrogens (tertiary/aromatic N) is 1. The highest BCUT2D eigenvalue weighted by Gasteiger charge is 2.14. The van der Waals surface area contributed by atoms with Crippen LogP contribution in [0.3, 0.4) is 0 Å². The minimum absolute atomic E-state index is 0.571. The van der Waals surface area contributed by atoms with Crippen molar-refractivity contribution >= 4 is 28.0 Å². The lowest BCUT2D eigenvalue weighted by atomic mass is 10.3. The Morgan fingerprint density at radius 3 is 2.58 bits per heavy atom. The minimum atomic E-state index is -0.581. The Morgan fingerprint density at radius 1 is 1.50 bits per heavy atom. The van der Waals surface area contributed by atoms with E-state index in [0.717, 1.165) is 37.6 Å². The molecule has 3 nitrogen and oxygen atoms in total. The first-order valence-electron chi connectivity index (χ1n) is 4.04. The second-order valence-corrected chi connectivity index (χ2v) is 5.13. The molecule has 0 atom stereocenters. The SMILES string of the molecule is NC(=S)CCN1CCS(=O)CC1. The van der Waals surface area contributed by atoms with E-state index in [1.54, 1.807) is 0 Å². The molecule has 1 rings (SSSR count). The fourth-order valence-corrected chi connectivity index (χ4v) is 2.39. The smallest absolute Gasteiger partial charge is 0.0740 e. The third kappa shape index (κ3) is 3.60. The van der Waals surface area contributed by atoms with E-state index in [1.165, 1.54) is 0 Å². The summed E-state index contributed by atoms with van der Waals surface area (Å²) in [4.78, 5) is 2.84. The second-order valence-electron chi connectivity index (χ2n) is 2.91. The van der Waals surface area contributed by atoms with E-state index in [2.05, 4.69) is 4.90 Å². The quantitative estimate of drug-likeness (QED) is 0.646. The molecular formula is C7H14N2OS2. The maximum atomic E-state index is 11.0. The third-order valence-corrected chi connectivity index (χ3v) is 3.42. The molecule has 70 valence electrons. The zero-order valence-electron chi connectivity index (χ0n) is 6.99. The van der Waals surface area contributed by atoms with E-state index in [4.69, 9.17) is 18.0 Å². The Balaban J connectivity index is 2.17. The van der Waals surface area contributed by atoms with Gasteiger partial charge in [0.25, 0.3) is 0 Å². The van der Waals surface area contributed by atoms with Gasteiger partial charge in [-0.2, -0.15) is 0 Å². The summed E-state index contributed by atoms with van der Waals surface area (Å²) in [5, 5.41) is 0. The Morgan fingerprint density at radius 2 is 2.08 bits per heavy atom. The molecule has 0 radical (unpaired) electrons. The van der Waals surface area contributed by atoms with Crippen molar-refractivity contribution in [2.24, 2.45) is 5.73 Å². The number of hydrogen-bond acceptors (Lipinski definition) is 3. The third-order valence-electron chi connectivity index (χ3n) is 1.94. The van der Waals surface area contributed by atoms with Gasteiger partial charge in [-0.15, -0.1) is 0 Å². The van der Waals surface area contributed by atoms with Crippen LogP contribution in [0.1, 0.15) is 6.42 Å². The first-order chi connectivity index (χ1) is 5.68. The summed E-state index contributed by atoms with van der Waals surface area (Å²) in [6.45, 7) is 2.77. The van der Waals surface area contributed by atoms with Gasteiger partial charge >= 0.3 is 0 Å². The predicted octanol–water partition coefficient (Wildman–Crippen LogP) is -0.273. The lowest BCUT2D eigenvalue weighted by Gasteiger charge is -2.25. The minimum Gasteiger partial charge on any atom is -0.393 e. The van der Waals surface area contributed by atoms with Crippen molar-refractivity contribution in [1.82, 2.24) is 4.90 Å². The van der Waals surface area contributed by atoms with Crippen molar-refractivity contribution in [3.63, 3.8) is 0 Å². The van der Waals surface area contributed by atoms with E-state index >= 15 is 0 Å². The van der Waals surface area contributed by atoms with Crippen molar-refractivity contribution in [1.29, 1.82) is 0 Å². The summed E-state index contributed by atoms with van der Waals surface area (Å²) in [6, 6.07) is 0. The molecule has 0 aromatic rings. The zero-order valence-corrected chi connectivity index (χ0v) is 8.62. The van der Waals surface area contributed by atoms with E-state index in [-0.39, 0.29) is 0 Å². The molecule has 1 aliphatic rings. The van der Waals surface area contributed by atoms with E-state index in [0.29, 0.717) is 4.99 Å². The van der Waals surface area contributed by atoms with Crippen molar-refractivity contribution in [2.75, 3.05) is 31.1 Å². The molecule has 0 amide bonds. The molecule has 0 aliphatic carbocycles. The van der Waals surface area contributed by atoms with Crippen molar-refractivity contribution in [2.45, 2.75) is 6.42 Å². The van der Waals surface area contributed by atoms with Gasteiger partial charge < -0.3 is 10.6 Å². The van der Waals surface area contributed by atoms with Crippen molar-refractivity contribution in [3.8, 4) is 0 Å². The van der Waals surface area contributed by atoms with Crippen LogP contribution < -0.4 is 5.73 Å². The fourth-order valence-electron chi connectivity index (χ4n) is 1.17. The summed E-state index contributed by atoms with van der Waals surface area (Å²) < 4.78 is 11.0. The summed E-state index contributed by atoms with van der Waals surface area (Å²) in [6.07, 6.45) is 0.780. The highest BCUT2D eigenvalue weighted by Crippen LogP contribution is 2.00. The number of nitrogens with two attached hydrogens (primary N) is 1. The molecule has 1 fully saturated rings. The van der Waals surface area contributed by atoms with E-state index < -0.39 is 10.8 Å². The van der Waals surface area contributed by atoms with Crippen LogP contribution in [0.4, 0.5) is 0 Å². The molecular weight excluding hydrogens is 192 g/mol. The van der Waals surface area contributed by atoms with E-state index in [1.807, 2.05) is 0 Å². The van der Waals surface area contributed by atoms with Gasteiger partial charge in [0, 0.05) is 48.4 Å². The van der Waals surface area contributed by atoms with Gasteiger partial charge in [0.15, 0.2) is 0 Å². The Labute approximate surface area is 80.8 Å². The predicted molar refractivity (Wildman–Crippen MR) is 55.7 cm³/mol. The zero-order chi connectivity index (χ0) is 8.97. The van der Waals surface area contributed by atoms with Crippen molar-refractivity contribution < 1.29 is 4.21 Å². The highest BCUT2D eigenvalue weighted by atomic mass is 32.2. The Bertz CT molecular complexity index is 186. The maximum absolute atomic E-state index is 11.0. The van der Waals surface area contributed by atoms with Gasteiger partial charge in [-0.25, -0.2) is 0 Å². The van der Waals surface area contributed by atoms with Crippen LogP contribution in [-0.2, 0) is 10.8 Å². The van der Waals surface area contributed by atoms with Crippen LogP contribution in [0.25, 0.3) is 0 Å². The van der Waals surface area contributed by atoms with Crippen LogP contribution in [0.2, 0.25) is 0 Å². The molecule has 0 saturated carbocycles. The van der Waals surface area contributed by atoms with Crippen molar-refractivity contribution in [3.05, 3.63) is 0 Å². The standard InChI is InChI=1S/C7H14N2OS2/c8-7(11)1-2-9-3-5-12(10)6-4-9/h1-6H2,(H2,8,11). The topological polar surface area (TPSA) is 46.3 Å². The normalized spacial score (nSPS) is 21.0. The fraction of sp³-hybridized carbons (Fsp3) is 0.857. The summed E-state index contributed by atoms with van der Waals surface area (Å²) in [7, 11) is -0.581. The monoisotopic (exact) mass is 206 g/mol. The molecule has 2 N–H and O–H groups in total. The summed E-state index contributed by atoms with van der Waals surface area (Å²) >= 11 is 4.78. The Kier molecular flexibility index (Phi) is 4.11. The van der Waals surface area contributed by atoms with Crippen LogP contribution in [-0.4, -0.2) is 45.2 Å². The maximum Gasteiger partial charge on any atom is 0.0740 e.